The quantitative estimate of drug-likeness (QED) is 0.719. The first-order valence-corrected chi connectivity index (χ1v) is 9.66. The number of carbonyl (C=O) groups excluding carboxylic acids is 2. The van der Waals surface area contributed by atoms with Gasteiger partial charge >= 0.3 is 5.97 Å². The van der Waals surface area contributed by atoms with Crippen molar-refractivity contribution < 1.29 is 22.7 Å². The first kappa shape index (κ1) is 20.5. The third-order valence-corrected chi connectivity index (χ3v) is 5.54. The number of nitrogens with zero attached hydrogens (tertiary/aromatic N) is 2. The molecule has 8 nitrogen and oxygen atoms in total. The predicted molar refractivity (Wildman–Crippen MR) is 101 cm³/mol. The van der Waals surface area contributed by atoms with Crippen molar-refractivity contribution in [3.8, 4) is 0 Å². The number of likely N-dealkylation sites (N-methyl/N-ethyl adjacent to an activating group) is 1. The second kappa shape index (κ2) is 8.74. The van der Waals surface area contributed by atoms with E-state index in [4.69, 9.17) is 0 Å². The van der Waals surface area contributed by atoms with Gasteiger partial charge in [-0.25, -0.2) is 18.2 Å². The van der Waals surface area contributed by atoms with Gasteiger partial charge in [0.1, 0.15) is 5.82 Å². The Balaban J connectivity index is 2.07. The molecule has 144 valence electrons. The largest absolute Gasteiger partial charge is 0.465 e. The monoisotopic (exact) mass is 391 g/mol. The smallest absolute Gasteiger partial charge is 0.338 e. The molecular formula is C18H21N3O5S. The number of nitrogens with one attached hydrogen (secondary N) is 1. The topological polar surface area (TPSA) is 106 Å². The van der Waals surface area contributed by atoms with Crippen molar-refractivity contribution in [3.63, 3.8) is 0 Å². The predicted octanol–water partition coefficient (Wildman–Crippen LogP) is 1.58. The van der Waals surface area contributed by atoms with E-state index < -0.39 is 27.7 Å². The molecule has 1 heterocycles. The van der Waals surface area contributed by atoms with Gasteiger partial charge in [-0.3, -0.25) is 4.79 Å². The number of rotatable bonds is 7. The van der Waals surface area contributed by atoms with E-state index in [2.05, 4.69) is 15.0 Å². The Morgan fingerprint density at radius 1 is 1.19 bits per heavy atom. The molecular weight excluding hydrogens is 370 g/mol. The molecule has 9 heteroatoms. The molecule has 2 rings (SSSR count). The number of pyridine rings is 1. The first-order valence-electron chi connectivity index (χ1n) is 8.05. The third kappa shape index (κ3) is 5.60. The Labute approximate surface area is 158 Å². The van der Waals surface area contributed by atoms with Gasteiger partial charge in [0.2, 0.25) is 15.9 Å². The number of esters is 1. The molecule has 1 aromatic carbocycles. The number of aryl methyl sites for hydroxylation is 1. The maximum absolute atomic E-state index is 12.6. The summed E-state index contributed by atoms with van der Waals surface area (Å²) in [5.74, 6) is -1.22. The zero-order valence-electron chi connectivity index (χ0n) is 15.3. The second-order valence-corrected chi connectivity index (χ2v) is 8.01. The van der Waals surface area contributed by atoms with Gasteiger partial charge < -0.3 is 10.1 Å². The highest BCUT2D eigenvalue weighted by Gasteiger charge is 2.24. The lowest BCUT2D eigenvalue weighted by molar-refractivity contribution is -0.116. The van der Waals surface area contributed by atoms with Crippen LogP contribution in [-0.2, 0) is 25.3 Å². The molecule has 0 aliphatic heterocycles. The maximum Gasteiger partial charge on any atom is 0.338 e. The third-order valence-electron chi connectivity index (χ3n) is 3.78. The summed E-state index contributed by atoms with van der Waals surface area (Å²) < 4.78 is 30.8. The molecule has 0 spiro atoms. The highest BCUT2D eigenvalue weighted by atomic mass is 32.2. The minimum Gasteiger partial charge on any atom is -0.465 e. The van der Waals surface area contributed by atoms with Gasteiger partial charge in [-0.2, -0.15) is 4.31 Å². The fourth-order valence-corrected chi connectivity index (χ4v) is 3.47. The average Bonchev–Trinajstić information content (AvgIpc) is 2.63. The summed E-state index contributed by atoms with van der Waals surface area (Å²) in [5, 5.41) is 2.54. The van der Waals surface area contributed by atoms with E-state index in [1.54, 1.807) is 30.5 Å². The van der Waals surface area contributed by atoms with Crippen molar-refractivity contribution in [2.45, 2.75) is 12.7 Å². The molecule has 2 aromatic rings. The van der Waals surface area contributed by atoms with Gasteiger partial charge in [0, 0.05) is 13.2 Å². The molecule has 1 aromatic heterocycles. The Morgan fingerprint density at radius 2 is 1.89 bits per heavy atom. The standard InChI is InChI=1S/C18H21N3O5S/c1-13-8-9-16(19-10-13)20-17(22)11-21(2)27(24,25)12-14-6-4-5-7-15(14)18(23)26-3/h4-10H,11-12H2,1-3H3,(H,19,20,22). The van der Waals surface area contributed by atoms with Gasteiger partial charge in [-0.05, 0) is 30.2 Å². The van der Waals surface area contributed by atoms with Crippen molar-refractivity contribution in [1.82, 2.24) is 9.29 Å². The van der Waals surface area contributed by atoms with E-state index in [1.807, 2.05) is 6.92 Å². The number of aromatic nitrogens is 1. The Hall–Kier alpha value is -2.78. The molecule has 27 heavy (non-hydrogen) atoms. The number of anilines is 1. The van der Waals surface area contributed by atoms with Crippen molar-refractivity contribution in [2.75, 3.05) is 26.0 Å². The van der Waals surface area contributed by atoms with Crippen LogP contribution >= 0.6 is 0 Å². The molecule has 0 aliphatic rings. The lowest BCUT2D eigenvalue weighted by atomic mass is 10.1. The Kier molecular flexibility index (Phi) is 6.65. The van der Waals surface area contributed by atoms with Crippen LogP contribution in [0.2, 0.25) is 0 Å². The number of benzene rings is 1. The average molecular weight is 391 g/mol. The number of carbonyl (C=O) groups is 2. The molecule has 0 aliphatic carbocycles. The molecule has 0 bridgehead atoms. The lowest BCUT2D eigenvalue weighted by Gasteiger charge is -2.17. The van der Waals surface area contributed by atoms with Gasteiger partial charge in [-0.15, -0.1) is 0 Å². The van der Waals surface area contributed by atoms with Crippen LogP contribution in [0.5, 0.6) is 0 Å². The van der Waals surface area contributed by atoms with Crippen molar-refractivity contribution in [3.05, 3.63) is 59.3 Å². The second-order valence-electron chi connectivity index (χ2n) is 5.93. The molecule has 0 unspecified atom stereocenters. The summed E-state index contributed by atoms with van der Waals surface area (Å²) in [6.07, 6.45) is 1.60. The van der Waals surface area contributed by atoms with Gasteiger partial charge in [0.05, 0.1) is 25.0 Å². The zero-order valence-corrected chi connectivity index (χ0v) is 16.1. The highest BCUT2D eigenvalue weighted by molar-refractivity contribution is 7.88. The minimum absolute atomic E-state index is 0.172. The summed E-state index contributed by atoms with van der Waals surface area (Å²) in [5.41, 5.74) is 1.42. The highest BCUT2D eigenvalue weighted by Crippen LogP contribution is 2.16. The number of amides is 1. The number of methoxy groups -OCH3 is 1. The van der Waals surface area contributed by atoms with E-state index in [0.717, 1.165) is 9.87 Å². The first-order chi connectivity index (χ1) is 12.7. The van der Waals surface area contributed by atoms with Crippen molar-refractivity contribution in [2.24, 2.45) is 0 Å². The van der Waals surface area contributed by atoms with Crippen LogP contribution < -0.4 is 5.32 Å². The SMILES string of the molecule is COC(=O)c1ccccc1CS(=O)(=O)N(C)CC(=O)Nc1ccc(C)cn1. The lowest BCUT2D eigenvalue weighted by Crippen LogP contribution is -2.36. The fraction of sp³-hybridized carbons (Fsp3) is 0.278. The fourth-order valence-electron chi connectivity index (χ4n) is 2.29. The summed E-state index contributed by atoms with van der Waals surface area (Å²) >= 11 is 0. The van der Waals surface area contributed by atoms with Crippen molar-refractivity contribution in [1.29, 1.82) is 0 Å². The Morgan fingerprint density at radius 3 is 2.52 bits per heavy atom. The van der Waals surface area contributed by atoms with E-state index in [1.165, 1.54) is 26.3 Å². The molecule has 0 saturated carbocycles. The molecule has 1 amide bonds. The van der Waals surface area contributed by atoms with E-state index in [0.29, 0.717) is 11.4 Å². The van der Waals surface area contributed by atoms with Crippen LogP contribution in [0.1, 0.15) is 21.5 Å². The van der Waals surface area contributed by atoms with Crippen LogP contribution in [0.4, 0.5) is 5.82 Å². The van der Waals surface area contributed by atoms with Crippen LogP contribution in [0.3, 0.4) is 0 Å². The van der Waals surface area contributed by atoms with Gasteiger partial charge in [0.25, 0.3) is 0 Å². The number of hydrogen-bond acceptors (Lipinski definition) is 6. The molecule has 1 N–H and O–H groups in total. The van der Waals surface area contributed by atoms with E-state index in [9.17, 15) is 18.0 Å². The van der Waals surface area contributed by atoms with Crippen LogP contribution in [0, 0.1) is 6.92 Å². The normalized spacial score (nSPS) is 11.3. The van der Waals surface area contributed by atoms with E-state index >= 15 is 0 Å². The van der Waals surface area contributed by atoms with Gasteiger partial charge in [0.15, 0.2) is 0 Å². The van der Waals surface area contributed by atoms with Crippen LogP contribution in [-0.4, -0.2) is 50.3 Å². The molecule has 0 fully saturated rings. The number of ether oxygens (including phenoxy) is 1. The maximum atomic E-state index is 12.6. The van der Waals surface area contributed by atoms with Crippen molar-refractivity contribution >= 4 is 27.7 Å². The van der Waals surface area contributed by atoms with Crippen LogP contribution in [0.25, 0.3) is 0 Å². The molecule has 0 radical (unpaired) electrons. The summed E-state index contributed by atoms with van der Waals surface area (Å²) in [6.45, 7) is 1.49. The van der Waals surface area contributed by atoms with E-state index in [-0.39, 0.29) is 12.1 Å². The number of sulfonamides is 1. The summed E-state index contributed by atoms with van der Waals surface area (Å²) in [4.78, 5) is 27.9. The van der Waals surface area contributed by atoms with Crippen LogP contribution in [0.15, 0.2) is 42.6 Å². The zero-order chi connectivity index (χ0) is 20.0. The summed E-state index contributed by atoms with van der Waals surface area (Å²) in [7, 11) is -1.30. The van der Waals surface area contributed by atoms with Gasteiger partial charge in [-0.1, -0.05) is 24.3 Å². The summed E-state index contributed by atoms with van der Waals surface area (Å²) in [6, 6.07) is 9.70. The number of hydrogen-bond donors (Lipinski definition) is 1. The Bertz CT molecular complexity index is 926. The molecule has 0 saturated heterocycles. The molecule has 0 atom stereocenters. The minimum atomic E-state index is -3.83.